The summed E-state index contributed by atoms with van der Waals surface area (Å²) >= 11 is 3.47. The molecular formula is C19H23BrN2O3S. The van der Waals surface area contributed by atoms with Gasteiger partial charge in [0.25, 0.3) is 5.91 Å². The van der Waals surface area contributed by atoms with Crippen LogP contribution in [0.25, 0.3) is 0 Å². The fraction of sp³-hybridized carbons (Fsp3) is 0.316. The number of nitrogens with one attached hydrogen (secondary N) is 2. The van der Waals surface area contributed by atoms with Gasteiger partial charge in [-0.2, -0.15) is 0 Å². The minimum atomic E-state index is -3.62. The second-order valence-corrected chi connectivity index (χ2v) is 9.63. The molecule has 0 radical (unpaired) electrons. The molecule has 0 bridgehead atoms. The molecule has 0 aliphatic carbocycles. The van der Waals surface area contributed by atoms with Crippen molar-refractivity contribution in [2.24, 2.45) is 0 Å². The first-order valence-electron chi connectivity index (χ1n) is 8.19. The van der Waals surface area contributed by atoms with Crippen molar-refractivity contribution in [1.29, 1.82) is 0 Å². The lowest BCUT2D eigenvalue weighted by molar-refractivity contribution is 0.0939. The van der Waals surface area contributed by atoms with Crippen LogP contribution in [0.4, 0.5) is 0 Å². The highest BCUT2D eigenvalue weighted by molar-refractivity contribution is 9.10. The summed E-state index contributed by atoms with van der Waals surface area (Å²) in [6.07, 6.45) is 0. The predicted octanol–water partition coefficient (Wildman–Crippen LogP) is 4.02. The van der Waals surface area contributed by atoms with Crippen molar-refractivity contribution in [3.05, 3.63) is 64.1 Å². The Morgan fingerprint density at radius 1 is 1.04 bits per heavy atom. The largest absolute Gasteiger partial charge is 0.345 e. The van der Waals surface area contributed by atoms with Gasteiger partial charge in [-0.25, -0.2) is 13.1 Å². The molecule has 0 heterocycles. The number of hydrogen-bond donors (Lipinski definition) is 2. The SMILES string of the molecule is CC(NC(=O)c1ccc(S(=O)(=O)NC(C)(C)C)cc1)c1ccccc1Br. The molecule has 0 fully saturated rings. The first-order chi connectivity index (χ1) is 12.0. The van der Waals surface area contributed by atoms with Crippen molar-refractivity contribution in [2.75, 3.05) is 0 Å². The lowest BCUT2D eigenvalue weighted by Gasteiger charge is -2.20. The third-order valence-electron chi connectivity index (χ3n) is 3.59. The van der Waals surface area contributed by atoms with Crippen LogP contribution in [0, 0.1) is 0 Å². The zero-order valence-electron chi connectivity index (χ0n) is 15.2. The zero-order valence-corrected chi connectivity index (χ0v) is 17.6. The molecule has 1 atom stereocenters. The minimum Gasteiger partial charge on any atom is -0.345 e. The van der Waals surface area contributed by atoms with E-state index in [1.165, 1.54) is 24.3 Å². The summed E-state index contributed by atoms with van der Waals surface area (Å²) in [7, 11) is -3.62. The van der Waals surface area contributed by atoms with Crippen molar-refractivity contribution in [1.82, 2.24) is 10.0 Å². The summed E-state index contributed by atoms with van der Waals surface area (Å²) in [5.74, 6) is -0.263. The van der Waals surface area contributed by atoms with Gasteiger partial charge in [0.2, 0.25) is 10.0 Å². The molecule has 1 amide bonds. The van der Waals surface area contributed by atoms with Crippen LogP contribution in [-0.4, -0.2) is 19.9 Å². The minimum absolute atomic E-state index is 0.128. The summed E-state index contributed by atoms with van der Waals surface area (Å²) in [6, 6.07) is 13.4. The van der Waals surface area contributed by atoms with Crippen LogP contribution in [0.15, 0.2) is 57.9 Å². The van der Waals surface area contributed by atoms with Crippen LogP contribution in [0.3, 0.4) is 0 Å². The van der Waals surface area contributed by atoms with Crippen LogP contribution in [0.5, 0.6) is 0 Å². The Bertz CT molecular complexity index is 888. The molecule has 0 saturated carbocycles. The summed E-state index contributed by atoms with van der Waals surface area (Å²) in [4.78, 5) is 12.6. The van der Waals surface area contributed by atoms with E-state index in [4.69, 9.17) is 0 Å². The second kappa shape index (κ2) is 7.90. The highest BCUT2D eigenvalue weighted by Crippen LogP contribution is 2.23. The molecule has 0 aromatic heterocycles. The molecule has 2 N–H and O–H groups in total. The molecule has 7 heteroatoms. The van der Waals surface area contributed by atoms with E-state index in [1.807, 2.05) is 31.2 Å². The molecule has 2 rings (SSSR count). The summed E-state index contributed by atoms with van der Waals surface area (Å²) in [6.45, 7) is 7.21. The van der Waals surface area contributed by atoms with Gasteiger partial charge < -0.3 is 5.32 Å². The molecule has 0 aliphatic rings. The van der Waals surface area contributed by atoms with E-state index < -0.39 is 15.6 Å². The molecule has 2 aromatic rings. The van der Waals surface area contributed by atoms with Crippen molar-refractivity contribution < 1.29 is 13.2 Å². The normalized spacial score (nSPS) is 13.3. The number of carbonyl (C=O) groups excluding carboxylic acids is 1. The average Bonchev–Trinajstić information content (AvgIpc) is 2.53. The maximum atomic E-state index is 12.4. The van der Waals surface area contributed by atoms with Crippen LogP contribution >= 0.6 is 15.9 Å². The van der Waals surface area contributed by atoms with Crippen molar-refractivity contribution in [2.45, 2.75) is 44.2 Å². The van der Waals surface area contributed by atoms with E-state index in [9.17, 15) is 13.2 Å². The number of halogens is 1. The van der Waals surface area contributed by atoms with Gasteiger partial charge in [0, 0.05) is 15.6 Å². The average molecular weight is 439 g/mol. The molecular weight excluding hydrogens is 416 g/mol. The third-order valence-corrected chi connectivity index (χ3v) is 6.08. The van der Waals surface area contributed by atoms with E-state index in [-0.39, 0.29) is 16.8 Å². The number of hydrogen-bond acceptors (Lipinski definition) is 3. The molecule has 2 aromatic carbocycles. The smallest absolute Gasteiger partial charge is 0.251 e. The number of benzene rings is 2. The molecule has 140 valence electrons. The van der Waals surface area contributed by atoms with Gasteiger partial charge in [-0.1, -0.05) is 34.1 Å². The third kappa shape index (κ3) is 5.40. The first-order valence-corrected chi connectivity index (χ1v) is 10.5. The highest BCUT2D eigenvalue weighted by Gasteiger charge is 2.22. The highest BCUT2D eigenvalue weighted by atomic mass is 79.9. The molecule has 0 spiro atoms. The van der Waals surface area contributed by atoms with E-state index in [0.717, 1.165) is 10.0 Å². The molecule has 0 saturated heterocycles. The quantitative estimate of drug-likeness (QED) is 0.739. The standard InChI is InChI=1S/C19H23BrN2O3S/c1-13(16-7-5-6-8-17(16)20)21-18(23)14-9-11-15(12-10-14)26(24,25)22-19(2,3)4/h5-13,22H,1-4H3,(H,21,23). The van der Waals surface area contributed by atoms with E-state index in [1.54, 1.807) is 20.8 Å². The lowest BCUT2D eigenvalue weighted by Crippen LogP contribution is -2.40. The van der Waals surface area contributed by atoms with Gasteiger partial charge in [-0.15, -0.1) is 0 Å². The van der Waals surface area contributed by atoms with Crippen LogP contribution in [0.2, 0.25) is 0 Å². The topological polar surface area (TPSA) is 75.3 Å². The molecule has 5 nitrogen and oxygen atoms in total. The van der Waals surface area contributed by atoms with Crippen LogP contribution in [0.1, 0.15) is 49.7 Å². The zero-order chi connectivity index (χ0) is 19.5. The van der Waals surface area contributed by atoms with Crippen LogP contribution < -0.4 is 10.0 Å². The Morgan fingerprint density at radius 3 is 2.15 bits per heavy atom. The van der Waals surface area contributed by atoms with Crippen LogP contribution in [-0.2, 0) is 10.0 Å². The lowest BCUT2D eigenvalue weighted by atomic mass is 10.1. The van der Waals surface area contributed by atoms with Crippen molar-refractivity contribution in [3.63, 3.8) is 0 Å². The summed E-state index contributed by atoms with van der Waals surface area (Å²) in [5, 5.41) is 2.92. The summed E-state index contributed by atoms with van der Waals surface area (Å²) in [5.41, 5.74) is 0.793. The van der Waals surface area contributed by atoms with E-state index >= 15 is 0 Å². The fourth-order valence-electron chi connectivity index (χ4n) is 2.43. The van der Waals surface area contributed by atoms with Gasteiger partial charge in [0.1, 0.15) is 0 Å². The maximum absolute atomic E-state index is 12.4. The fourth-order valence-corrected chi connectivity index (χ4v) is 4.48. The van der Waals surface area contributed by atoms with Crippen molar-refractivity contribution >= 4 is 31.9 Å². The van der Waals surface area contributed by atoms with Gasteiger partial charge in [-0.3, -0.25) is 4.79 Å². The van der Waals surface area contributed by atoms with Gasteiger partial charge in [0.05, 0.1) is 10.9 Å². The number of amides is 1. The van der Waals surface area contributed by atoms with Crippen molar-refractivity contribution in [3.8, 4) is 0 Å². The number of rotatable bonds is 5. The number of carbonyl (C=O) groups is 1. The predicted molar refractivity (Wildman–Crippen MR) is 107 cm³/mol. The van der Waals surface area contributed by atoms with E-state index in [2.05, 4.69) is 26.0 Å². The summed E-state index contributed by atoms with van der Waals surface area (Å²) < 4.78 is 28.1. The number of sulfonamides is 1. The second-order valence-electron chi connectivity index (χ2n) is 7.10. The Hall–Kier alpha value is -1.70. The molecule has 1 unspecified atom stereocenters. The van der Waals surface area contributed by atoms with Gasteiger partial charge in [0.15, 0.2) is 0 Å². The molecule has 0 aliphatic heterocycles. The first kappa shape index (κ1) is 20.6. The van der Waals surface area contributed by atoms with Gasteiger partial charge in [-0.05, 0) is 63.6 Å². The monoisotopic (exact) mass is 438 g/mol. The maximum Gasteiger partial charge on any atom is 0.251 e. The Labute approximate surface area is 163 Å². The molecule has 26 heavy (non-hydrogen) atoms. The van der Waals surface area contributed by atoms with E-state index in [0.29, 0.717) is 5.56 Å². The Kier molecular flexibility index (Phi) is 6.26. The Balaban J connectivity index is 2.13. The Morgan fingerprint density at radius 2 is 1.62 bits per heavy atom. The van der Waals surface area contributed by atoms with Gasteiger partial charge >= 0.3 is 0 Å².